The smallest absolute Gasteiger partial charge is 0.337 e. The first-order valence-corrected chi connectivity index (χ1v) is 7.57. The van der Waals surface area contributed by atoms with Crippen molar-refractivity contribution >= 4 is 62.8 Å². The number of hydrogen-bond acceptors (Lipinski definition) is 5. The molecule has 0 saturated carbocycles. The number of primary sulfonamides is 1. The fourth-order valence-electron chi connectivity index (χ4n) is 1.69. The molecule has 2 rings (SSSR count). The van der Waals surface area contributed by atoms with E-state index in [9.17, 15) is 13.2 Å². The number of benzene rings is 1. The van der Waals surface area contributed by atoms with Crippen LogP contribution < -0.4 is 10.5 Å². The van der Waals surface area contributed by atoms with Crippen LogP contribution in [0.15, 0.2) is 39.8 Å². The first-order chi connectivity index (χ1) is 9.79. The second-order valence-electron chi connectivity index (χ2n) is 4.11. The van der Waals surface area contributed by atoms with Gasteiger partial charge in [0.2, 0.25) is 10.0 Å². The topological polar surface area (TPSA) is 123 Å². The first-order valence-electron chi connectivity index (χ1n) is 5.65. The van der Waals surface area contributed by atoms with E-state index in [-0.39, 0.29) is 52.4 Å². The van der Waals surface area contributed by atoms with Crippen molar-refractivity contribution in [3.05, 3.63) is 46.9 Å². The van der Waals surface area contributed by atoms with Gasteiger partial charge in [0, 0.05) is 29.6 Å². The van der Waals surface area contributed by atoms with Crippen LogP contribution in [0.25, 0.3) is 0 Å². The number of carboxylic acid groups (broad SMARTS) is 1. The molecule has 113 valence electrons. The third-order valence-corrected chi connectivity index (χ3v) is 4.02. The van der Waals surface area contributed by atoms with Crippen LogP contribution >= 0.6 is 11.6 Å². The normalized spacial score (nSPS) is 10.8. The van der Waals surface area contributed by atoms with Crippen molar-refractivity contribution in [3.63, 3.8) is 0 Å². The molecule has 22 heavy (non-hydrogen) atoms. The predicted molar refractivity (Wildman–Crippen MR) is 81.6 cm³/mol. The van der Waals surface area contributed by atoms with E-state index >= 15 is 0 Å². The molecule has 0 unspecified atom stereocenters. The molecule has 2 aromatic rings. The zero-order chi connectivity index (χ0) is 15.6. The maximum absolute atomic E-state index is 11.3. The Labute approximate surface area is 153 Å². The molecule has 10 heteroatoms. The van der Waals surface area contributed by atoms with Gasteiger partial charge in [0.15, 0.2) is 0 Å². The minimum absolute atomic E-state index is 0. The fourth-order valence-corrected chi connectivity index (χ4v) is 2.79. The number of hydrogen-bond donors (Lipinski definition) is 3. The summed E-state index contributed by atoms with van der Waals surface area (Å²) >= 11 is 5.84. The Kier molecular flexibility index (Phi) is 6.48. The van der Waals surface area contributed by atoms with E-state index in [1.54, 1.807) is 12.1 Å². The van der Waals surface area contributed by atoms with Gasteiger partial charge in [0.1, 0.15) is 10.7 Å². The number of furan rings is 1. The van der Waals surface area contributed by atoms with E-state index in [4.69, 9.17) is 26.3 Å². The average molecular weight is 354 g/mol. The van der Waals surface area contributed by atoms with Gasteiger partial charge in [-0.1, -0.05) is 11.6 Å². The van der Waals surface area contributed by atoms with Crippen molar-refractivity contribution < 1.29 is 22.7 Å². The van der Waals surface area contributed by atoms with Gasteiger partial charge in [-0.2, -0.15) is 0 Å². The number of anilines is 1. The molecule has 0 bridgehead atoms. The van der Waals surface area contributed by atoms with Gasteiger partial charge in [0.25, 0.3) is 0 Å². The molecule has 1 aromatic heterocycles. The molecule has 0 atom stereocenters. The van der Waals surface area contributed by atoms with Crippen molar-refractivity contribution in [2.45, 2.75) is 11.4 Å². The maximum Gasteiger partial charge on any atom is 0.337 e. The Balaban J connectivity index is 0.00000242. The van der Waals surface area contributed by atoms with E-state index in [0.29, 0.717) is 5.76 Å². The van der Waals surface area contributed by atoms with Crippen molar-refractivity contribution in [2.75, 3.05) is 5.32 Å². The molecular weight excluding hydrogens is 343 g/mol. The molecule has 4 N–H and O–H groups in total. The summed E-state index contributed by atoms with van der Waals surface area (Å²) in [6.45, 7) is 0.221. The molecule has 0 spiro atoms. The quantitative estimate of drug-likeness (QED) is 0.700. The zero-order valence-corrected chi connectivity index (χ0v) is 15.1. The molecule has 0 saturated heterocycles. The fraction of sp³-hybridized carbons (Fsp3) is 0.0833. The average Bonchev–Trinajstić information content (AvgIpc) is 2.87. The molecule has 0 aliphatic heterocycles. The molecule has 1 radical (unpaired) electrons. The zero-order valence-electron chi connectivity index (χ0n) is 11.5. The largest absolute Gasteiger partial charge is 0.478 e. The molecule has 1 heterocycles. The predicted octanol–water partition coefficient (Wildman–Crippen LogP) is 1.51. The third kappa shape index (κ3) is 4.48. The Morgan fingerprint density at radius 3 is 2.59 bits per heavy atom. The summed E-state index contributed by atoms with van der Waals surface area (Å²) in [5.74, 6) is -0.725. The van der Waals surface area contributed by atoms with Crippen molar-refractivity contribution in [3.8, 4) is 0 Å². The third-order valence-electron chi connectivity index (χ3n) is 2.64. The molecular formula is C12H11ClN2NaO5S. The Morgan fingerprint density at radius 1 is 1.41 bits per heavy atom. The Morgan fingerprint density at radius 2 is 2.09 bits per heavy atom. The van der Waals surface area contributed by atoms with Crippen LogP contribution in [0.4, 0.5) is 5.69 Å². The van der Waals surface area contributed by atoms with Gasteiger partial charge >= 0.3 is 5.97 Å². The van der Waals surface area contributed by atoms with E-state index < -0.39 is 20.9 Å². The summed E-state index contributed by atoms with van der Waals surface area (Å²) < 4.78 is 27.8. The van der Waals surface area contributed by atoms with Gasteiger partial charge in [-0.25, -0.2) is 18.4 Å². The van der Waals surface area contributed by atoms with Gasteiger partial charge in [-0.3, -0.25) is 0 Å². The second kappa shape index (κ2) is 7.49. The minimum Gasteiger partial charge on any atom is -0.478 e. The van der Waals surface area contributed by atoms with Crippen LogP contribution in [-0.2, 0) is 16.6 Å². The first kappa shape index (κ1) is 19.0. The van der Waals surface area contributed by atoms with Crippen molar-refractivity contribution in [2.24, 2.45) is 5.14 Å². The summed E-state index contributed by atoms with van der Waals surface area (Å²) in [6.07, 6.45) is 1.48. The summed E-state index contributed by atoms with van der Waals surface area (Å²) in [5, 5.41) is 16.8. The molecule has 1 aromatic carbocycles. The molecule has 7 nitrogen and oxygen atoms in total. The van der Waals surface area contributed by atoms with Crippen molar-refractivity contribution in [1.82, 2.24) is 0 Å². The van der Waals surface area contributed by atoms with Gasteiger partial charge in [-0.15, -0.1) is 0 Å². The van der Waals surface area contributed by atoms with Crippen LogP contribution in [0.1, 0.15) is 16.1 Å². The summed E-state index contributed by atoms with van der Waals surface area (Å²) in [6, 6.07) is 5.51. The molecule has 0 fully saturated rings. The molecule has 0 aliphatic carbocycles. The van der Waals surface area contributed by atoms with Crippen LogP contribution in [0.3, 0.4) is 0 Å². The summed E-state index contributed by atoms with van der Waals surface area (Å²) in [5.41, 5.74) is -0.0914. The number of sulfonamides is 1. The van der Waals surface area contributed by atoms with E-state index in [2.05, 4.69) is 5.32 Å². The Bertz CT molecular complexity index is 777. The minimum atomic E-state index is -4.11. The van der Waals surface area contributed by atoms with E-state index in [1.165, 1.54) is 12.3 Å². The SMILES string of the molecule is NS(=O)(=O)c1cc(C(=O)O)c(NCc2ccco2)cc1Cl.[Na]. The van der Waals surface area contributed by atoms with Crippen LogP contribution in [0.2, 0.25) is 5.02 Å². The van der Waals surface area contributed by atoms with Crippen LogP contribution in [0.5, 0.6) is 0 Å². The standard InChI is InChI=1S/C12H11ClN2O5S.Na/c13-9-5-10(15-6-7-2-1-3-20-7)8(12(16)17)4-11(9)21(14,18)19;/h1-5,15H,6H2,(H,16,17)(H2,14,18,19);. The van der Waals surface area contributed by atoms with Gasteiger partial charge in [-0.05, 0) is 24.3 Å². The van der Waals surface area contributed by atoms with Crippen LogP contribution in [-0.4, -0.2) is 49.1 Å². The van der Waals surface area contributed by atoms with Gasteiger partial charge in [0.05, 0.1) is 29.1 Å². The van der Waals surface area contributed by atoms with E-state index in [1.807, 2.05) is 0 Å². The second-order valence-corrected chi connectivity index (χ2v) is 6.05. The number of nitrogens with two attached hydrogens (primary N) is 1. The summed E-state index contributed by atoms with van der Waals surface area (Å²) in [7, 11) is -4.11. The van der Waals surface area contributed by atoms with Crippen molar-refractivity contribution in [1.29, 1.82) is 0 Å². The number of carboxylic acids is 1. The number of rotatable bonds is 5. The number of carbonyl (C=O) groups is 1. The van der Waals surface area contributed by atoms with Crippen LogP contribution in [0, 0.1) is 0 Å². The maximum atomic E-state index is 11.3. The van der Waals surface area contributed by atoms with Gasteiger partial charge < -0.3 is 14.8 Å². The number of aromatic carboxylic acids is 1. The molecule has 0 aliphatic rings. The monoisotopic (exact) mass is 353 g/mol. The Hall–Kier alpha value is -1.03. The summed E-state index contributed by atoms with van der Waals surface area (Å²) in [4.78, 5) is 10.8. The number of nitrogens with one attached hydrogen (secondary N) is 1. The van der Waals surface area contributed by atoms with E-state index in [0.717, 1.165) is 6.07 Å². The number of halogens is 1. The molecule has 0 amide bonds.